The molecule has 0 fully saturated rings. The van der Waals surface area contributed by atoms with Crippen molar-refractivity contribution in [3.8, 4) is 11.5 Å². The van der Waals surface area contributed by atoms with Gasteiger partial charge in [0.2, 0.25) is 0 Å². The fourth-order valence-electron chi connectivity index (χ4n) is 3.42. The van der Waals surface area contributed by atoms with Crippen molar-refractivity contribution in [2.24, 2.45) is 10.2 Å². The zero-order valence-electron chi connectivity index (χ0n) is 15.5. The summed E-state index contributed by atoms with van der Waals surface area (Å²) < 4.78 is 11.1. The Morgan fingerprint density at radius 3 is 2.24 bits per heavy atom. The summed E-state index contributed by atoms with van der Waals surface area (Å²) in [7, 11) is 3.32. The minimum absolute atomic E-state index is 0.208. The second-order valence-electron chi connectivity index (χ2n) is 6.26. The molecule has 1 heterocycles. The maximum absolute atomic E-state index is 5.54. The highest BCUT2D eigenvalue weighted by atomic mass is 16.5. The molecule has 3 rings (SSSR count). The molecule has 2 aromatic carbocycles. The first-order chi connectivity index (χ1) is 12.1. The second kappa shape index (κ2) is 7.09. The molecule has 1 aliphatic heterocycles. The van der Waals surface area contributed by atoms with Crippen LogP contribution in [0, 0.1) is 6.92 Å². The largest absolute Gasteiger partial charge is 0.493 e. The lowest BCUT2D eigenvalue weighted by Crippen LogP contribution is -2.13. The molecule has 2 aromatic rings. The van der Waals surface area contributed by atoms with Gasteiger partial charge in [0.1, 0.15) is 5.71 Å². The van der Waals surface area contributed by atoms with E-state index in [1.165, 1.54) is 11.1 Å². The van der Waals surface area contributed by atoms with Gasteiger partial charge in [0.25, 0.3) is 0 Å². The van der Waals surface area contributed by atoms with Gasteiger partial charge in [-0.3, -0.25) is 0 Å². The molecule has 0 aromatic heterocycles. The molecule has 0 amide bonds. The molecule has 4 nitrogen and oxygen atoms in total. The first kappa shape index (κ1) is 17.2. The van der Waals surface area contributed by atoms with Crippen molar-refractivity contribution >= 4 is 11.4 Å². The maximum atomic E-state index is 5.54. The van der Waals surface area contributed by atoms with Crippen LogP contribution in [0.3, 0.4) is 0 Å². The highest BCUT2D eigenvalue weighted by molar-refractivity contribution is 6.16. The lowest BCUT2D eigenvalue weighted by molar-refractivity contribution is 0.354. The summed E-state index contributed by atoms with van der Waals surface area (Å²) in [6.45, 7) is 6.30. The summed E-state index contributed by atoms with van der Waals surface area (Å²) in [4.78, 5) is 0. The van der Waals surface area contributed by atoms with Crippen molar-refractivity contribution < 1.29 is 9.47 Å². The SMILES string of the molecule is CCC1C(C)=NN=C(c2ccccc2C)c2cc(OC)c(OC)cc21. The minimum Gasteiger partial charge on any atom is -0.493 e. The van der Waals surface area contributed by atoms with Crippen LogP contribution in [0.15, 0.2) is 46.6 Å². The van der Waals surface area contributed by atoms with Crippen molar-refractivity contribution in [2.75, 3.05) is 14.2 Å². The molecule has 0 N–H and O–H groups in total. The Morgan fingerprint density at radius 1 is 0.920 bits per heavy atom. The average Bonchev–Trinajstić information content (AvgIpc) is 2.76. The fraction of sp³-hybridized carbons (Fsp3) is 0.333. The van der Waals surface area contributed by atoms with Gasteiger partial charge in [-0.1, -0.05) is 31.2 Å². The molecule has 0 saturated heterocycles. The van der Waals surface area contributed by atoms with Crippen molar-refractivity contribution in [2.45, 2.75) is 33.1 Å². The predicted octanol–water partition coefficient (Wildman–Crippen LogP) is 4.73. The normalized spacial score (nSPS) is 16.4. The summed E-state index contributed by atoms with van der Waals surface area (Å²) in [5.74, 6) is 1.65. The van der Waals surface area contributed by atoms with E-state index in [0.29, 0.717) is 5.75 Å². The van der Waals surface area contributed by atoms with Crippen LogP contribution in [-0.2, 0) is 0 Å². The number of hydrogen-bond acceptors (Lipinski definition) is 4. The first-order valence-electron chi connectivity index (χ1n) is 8.55. The molecular weight excluding hydrogens is 312 g/mol. The minimum atomic E-state index is 0.208. The highest BCUT2D eigenvalue weighted by Gasteiger charge is 2.26. The number of hydrogen-bond donors (Lipinski definition) is 0. The van der Waals surface area contributed by atoms with Gasteiger partial charge in [-0.25, -0.2) is 0 Å². The van der Waals surface area contributed by atoms with Gasteiger partial charge in [-0.05, 0) is 43.5 Å². The van der Waals surface area contributed by atoms with Crippen molar-refractivity contribution in [3.63, 3.8) is 0 Å². The lowest BCUT2D eigenvalue weighted by Gasteiger charge is -2.20. The number of nitrogens with zero attached hydrogens (tertiary/aromatic N) is 2. The summed E-state index contributed by atoms with van der Waals surface area (Å²) in [5, 5.41) is 9.14. The molecule has 4 heteroatoms. The third-order valence-electron chi connectivity index (χ3n) is 4.81. The van der Waals surface area contributed by atoms with Crippen LogP contribution in [0.5, 0.6) is 11.5 Å². The molecule has 1 unspecified atom stereocenters. The highest BCUT2D eigenvalue weighted by Crippen LogP contribution is 2.38. The third-order valence-corrected chi connectivity index (χ3v) is 4.81. The van der Waals surface area contributed by atoms with Gasteiger partial charge < -0.3 is 9.47 Å². The van der Waals surface area contributed by atoms with Gasteiger partial charge in [0, 0.05) is 22.8 Å². The van der Waals surface area contributed by atoms with E-state index in [0.717, 1.165) is 34.7 Å². The molecule has 1 atom stereocenters. The Morgan fingerprint density at radius 2 is 1.60 bits per heavy atom. The third kappa shape index (κ3) is 3.04. The zero-order valence-corrected chi connectivity index (χ0v) is 15.5. The number of methoxy groups -OCH3 is 2. The number of aryl methyl sites for hydroxylation is 1. The van der Waals surface area contributed by atoms with Crippen molar-refractivity contribution in [1.82, 2.24) is 0 Å². The summed E-state index contributed by atoms with van der Waals surface area (Å²) >= 11 is 0. The van der Waals surface area contributed by atoms with Gasteiger partial charge >= 0.3 is 0 Å². The molecule has 0 spiro atoms. The number of rotatable bonds is 4. The number of fused-ring (bicyclic) bond motifs is 1. The van der Waals surface area contributed by atoms with Crippen LogP contribution in [0.2, 0.25) is 0 Å². The van der Waals surface area contributed by atoms with Crippen LogP contribution in [-0.4, -0.2) is 25.6 Å². The Labute approximate surface area is 149 Å². The Bertz CT molecular complexity index is 853. The Hall–Kier alpha value is -2.62. The van der Waals surface area contributed by atoms with Gasteiger partial charge in [-0.15, -0.1) is 5.10 Å². The van der Waals surface area contributed by atoms with E-state index in [-0.39, 0.29) is 5.92 Å². The molecule has 25 heavy (non-hydrogen) atoms. The van der Waals surface area contributed by atoms with Gasteiger partial charge in [0.15, 0.2) is 11.5 Å². The van der Waals surface area contributed by atoms with Gasteiger partial charge in [-0.2, -0.15) is 5.10 Å². The summed E-state index contributed by atoms with van der Waals surface area (Å²) in [6.07, 6.45) is 0.953. The van der Waals surface area contributed by atoms with E-state index in [2.05, 4.69) is 42.2 Å². The molecule has 130 valence electrons. The average molecular weight is 336 g/mol. The van der Waals surface area contributed by atoms with E-state index in [1.54, 1.807) is 14.2 Å². The quantitative estimate of drug-likeness (QED) is 0.810. The molecule has 0 saturated carbocycles. The zero-order chi connectivity index (χ0) is 18.0. The molecule has 1 aliphatic rings. The molecule has 0 bridgehead atoms. The molecular formula is C21H24N2O2. The van der Waals surface area contributed by atoms with E-state index in [9.17, 15) is 0 Å². The van der Waals surface area contributed by atoms with E-state index in [4.69, 9.17) is 9.47 Å². The van der Waals surface area contributed by atoms with E-state index < -0.39 is 0 Å². The lowest BCUT2D eigenvalue weighted by atomic mass is 9.85. The van der Waals surface area contributed by atoms with Crippen LogP contribution in [0.4, 0.5) is 0 Å². The smallest absolute Gasteiger partial charge is 0.161 e. The summed E-state index contributed by atoms with van der Waals surface area (Å²) in [5.41, 5.74) is 6.39. The topological polar surface area (TPSA) is 43.2 Å². The van der Waals surface area contributed by atoms with Crippen molar-refractivity contribution in [1.29, 1.82) is 0 Å². The predicted molar refractivity (Wildman–Crippen MR) is 103 cm³/mol. The monoisotopic (exact) mass is 336 g/mol. The van der Waals surface area contributed by atoms with Crippen LogP contribution < -0.4 is 9.47 Å². The molecule has 0 radical (unpaired) electrons. The number of benzene rings is 2. The van der Waals surface area contributed by atoms with Gasteiger partial charge in [0.05, 0.1) is 14.2 Å². The summed E-state index contributed by atoms with van der Waals surface area (Å²) in [6, 6.07) is 12.3. The van der Waals surface area contributed by atoms with E-state index >= 15 is 0 Å². The number of ether oxygens (including phenoxy) is 2. The van der Waals surface area contributed by atoms with E-state index in [1.807, 2.05) is 25.1 Å². The Balaban J connectivity index is 2.31. The molecule has 0 aliphatic carbocycles. The Kier molecular flexibility index (Phi) is 4.88. The first-order valence-corrected chi connectivity index (χ1v) is 8.55. The van der Waals surface area contributed by atoms with Crippen molar-refractivity contribution in [3.05, 3.63) is 58.7 Å². The van der Waals surface area contributed by atoms with Crippen LogP contribution in [0.25, 0.3) is 0 Å². The van der Waals surface area contributed by atoms with Crippen LogP contribution >= 0.6 is 0 Å². The van der Waals surface area contributed by atoms with Crippen LogP contribution in [0.1, 0.15) is 48.4 Å². The second-order valence-corrected chi connectivity index (χ2v) is 6.26. The fourth-order valence-corrected chi connectivity index (χ4v) is 3.42. The standard InChI is InChI=1S/C21H24N2O2/c1-6-15-14(3)22-23-21(16-10-8-7-9-13(16)2)18-12-20(25-5)19(24-4)11-17(15)18/h7-12,15H,6H2,1-5H3. The maximum Gasteiger partial charge on any atom is 0.161 e.